The number of aromatic hydroxyl groups is 2. The quantitative estimate of drug-likeness (QED) is 0.213. The largest absolute Gasteiger partial charge is 0.506 e. The number of ketones is 1. The molecule has 0 bridgehead atoms. The Morgan fingerprint density at radius 3 is 2.00 bits per heavy atom. The molecule has 0 fully saturated rings. The number of nitro groups is 1. The predicted octanol–water partition coefficient (Wildman–Crippen LogP) is 1.89. The van der Waals surface area contributed by atoms with Crippen LogP contribution >= 0.6 is 0 Å². The number of ether oxygens (including phenoxy) is 3. The zero-order valence-corrected chi connectivity index (χ0v) is 18.2. The van der Waals surface area contributed by atoms with E-state index in [1.165, 1.54) is 24.3 Å². The maximum Gasteiger partial charge on any atom is 0.345 e. The summed E-state index contributed by atoms with van der Waals surface area (Å²) in [6, 6.07) is 5.05. The van der Waals surface area contributed by atoms with E-state index in [2.05, 4.69) is 4.74 Å². The molecule has 0 radical (unpaired) electrons. The van der Waals surface area contributed by atoms with E-state index < -0.39 is 68.6 Å². The highest BCUT2D eigenvalue weighted by atomic mass is 16.6. The van der Waals surface area contributed by atoms with Crippen molar-refractivity contribution in [1.82, 2.24) is 0 Å². The molecule has 0 amide bonds. The van der Waals surface area contributed by atoms with Crippen molar-refractivity contribution in [3.05, 3.63) is 62.2 Å². The summed E-state index contributed by atoms with van der Waals surface area (Å²) in [7, 11) is 3.02. The Kier molecular flexibility index (Phi) is 6.52. The van der Waals surface area contributed by atoms with E-state index in [4.69, 9.17) is 9.47 Å². The first-order valence-corrected chi connectivity index (χ1v) is 9.72. The van der Waals surface area contributed by atoms with E-state index in [1.54, 1.807) is 0 Å². The number of nitrogens with zero attached hydrogens (tertiary/aromatic N) is 1. The molecule has 0 heterocycles. The Bertz CT molecular complexity index is 1220. The van der Waals surface area contributed by atoms with Gasteiger partial charge in [-0.05, 0) is 17.5 Å². The zero-order chi connectivity index (χ0) is 25.3. The van der Waals surface area contributed by atoms with Crippen molar-refractivity contribution in [3.8, 4) is 11.5 Å². The molecular weight excluding hydrogens is 454 g/mol. The van der Waals surface area contributed by atoms with Crippen molar-refractivity contribution in [1.29, 1.82) is 0 Å². The molecular formula is C22H19NO11. The fraction of sp³-hybridized carbons (Fsp3) is 0.273. The third-order valence-corrected chi connectivity index (χ3v) is 5.67. The van der Waals surface area contributed by atoms with Crippen LogP contribution in [0, 0.1) is 16.0 Å². The first-order chi connectivity index (χ1) is 16.1. The Labute approximate surface area is 191 Å². The number of non-ortho nitro benzene ring substituents is 1. The first-order valence-electron chi connectivity index (χ1n) is 9.72. The average molecular weight is 473 g/mol. The van der Waals surface area contributed by atoms with Crippen molar-refractivity contribution in [2.24, 2.45) is 5.92 Å². The van der Waals surface area contributed by atoms with Gasteiger partial charge in [-0.25, -0.2) is 9.59 Å². The van der Waals surface area contributed by atoms with Gasteiger partial charge in [-0.1, -0.05) is 12.1 Å². The highest BCUT2D eigenvalue weighted by Crippen LogP contribution is 2.47. The summed E-state index contributed by atoms with van der Waals surface area (Å²) in [6.07, 6.45) is -0.258. The number of esters is 3. The van der Waals surface area contributed by atoms with Crippen molar-refractivity contribution in [2.75, 3.05) is 21.3 Å². The number of phenolic OH excluding ortho intramolecular Hbond substituents is 2. The zero-order valence-electron chi connectivity index (χ0n) is 18.2. The van der Waals surface area contributed by atoms with E-state index in [0.717, 1.165) is 21.3 Å². The number of fused-ring (bicyclic) bond motifs is 1. The number of phenols is 2. The lowest BCUT2D eigenvalue weighted by Crippen LogP contribution is -2.38. The van der Waals surface area contributed by atoms with Crippen LogP contribution in [0.5, 0.6) is 11.5 Å². The minimum atomic E-state index is -1.52. The first kappa shape index (κ1) is 24.2. The second-order valence-electron chi connectivity index (χ2n) is 7.31. The molecule has 34 heavy (non-hydrogen) atoms. The van der Waals surface area contributed by atoms with Crippen molar-refractivity contribution < 1.29 is 48.5 Å². The average Bonchev–Trinajstić information content (AvgIpc) is 2.82. The number of hydrogen-bond donors (Lipinski definition) is 2. The van der Waals surface area contributed by atoms with Gasteiger partial charge in [0.15, 0.2) is 5.78 Å². The van der Waals surface area contributed by atoms with Crippen LogP contribution in [-0.2, 0) is 25.4 Å². The molecule has 12 heteroatoms. The summed E-state index contributed by atoms with van der Waals surface area (Å²) in [5.41, 5.74) is -2.00. The van der Waals surface area contributed by atoms with Gasteiger partial charge >= 0.3 is 17.9 Å². The van der Waals surface area contributed by atoms with E-state index in [9.17, 15) is 39.5 Å². The summed E-state index contributed by atoms with van der Waals surface area (Å²) in [5.74, 6) is -8.72. The number of carbonyl (C=O) groups is 4. The van der Waals surface area contributed by atoms with Gasteiger partial charge in [0.05, 0.1) is 31.8 Å². The molecule has 0 saturated carbocycles. The van der Waals surface area contributed by atoms with Crippen LogP contribution in [0.2, 0.25) is 0 Å². The number of nitro benzene ring substituents is 1. The molecule has 0 spiro atoms. The SMILES string of the molecule is COC(=O)c1c(O)c(C(=O)OC)c2c(c1O)C(=O)C(C(=O)OC)C(c1ccc([N+](=O)[O-])cc1)C2. The fourth-order valence-electron chi connectivity index (χ4n) is 4.09. The molecule has 178 valence electrons. The van der Waals surface area contributed by atoms with Gasteiger partial charge in [0.2, 0.25) is 0 Å². The lowest BCUT2D eigenvalue weighted by Gasteiger charge is -2.32. The summed E-state index contributed by atoms with van der Waals surface area (Å²) in [5, 5.41) is 32.4. The molecule has 2 N–H and O–H groups in total. The third kappa shape index (κ3) is 3.78. The van der Waals surface area contributed by atoms with Gasteiger partial charge in [-0.3, -0.25) is 19.7 Å². The minimum Gasteiger partial charge on any atom is -0.506 e. The van der Waals surface area contributed by atoms with Gasteiger partial charge in [-0.15, -0.1) is 0 Å². The van der Waals surface area contributed by atoms with Crippen LogP contribution in [0.1, 0.15) is 48.1 Å². The molecule has 2 aromatic carbocycles. The number of hydrogen-bond acceptors (Lipinski definition) is 11. The Morgan fingerprint density at radius 2 is 1.50 bits per heavy atom. The maximum atomic E-state index is 13.5. The van der Waals surface area contributed by atoms with Crippen LogP contribution in [0.4, 0.5) is 5.69 Å². The van der Waals surface area contributed by atoms with E-state index in [-0.39, 0.29) is 17.7 Å². The van der Waals surface area contributed by atoms with Crippen molar-refractivity contribution >= 4 is 29.4 Å². The van der Waals surface area contributed by atoms with Crippen LogP contribution in [0.3, 0.4) is 0 Å². The molecule has 0 aliphatic heterocycles. The van der Waals surface area contributed by atoms with Gasteiger partial charge in [0.25, 0.3) is 5.69 Å². The molecule has 0 saturated heterocycles. The van der Waals surface area contributed by atoms with Gasteiger partial charge < -0.3 is 24.4 Å². The van der Waals surface area contributed by atoms with Gasteiger partial charge in [0, 0.05) is 18.1 Å². The molecule has 1 aliphatic rings. The number of rotatable bonds is 5. The highest BCUT2D eigenvalue weighted by Gasteiger charge is 2.47. The Balaban J connectivity index is 2.33. The smallest absolute Gasteiger partial charge is 0.345 e. The van der Waals surface area contributed by atoms with E-state index in [1.807, 2.05) is 0 Å². The molecule has 0 aromatic heterocycles. The third-order valence-electron chi connectivity index (χ3n) is 5.67. The second kappa shape index (κ2) is 9.17. The number of carbonyl (C=O) groups excluding carboxylic acids is 4. The van der Waals surface area contributed by atoms with Crippen LogP contribution < -0.4 is 0 Å². The summed E-state index contributed by atoms with van der Waals surface area (Å²) < 4.78 is 14.0. The van der Waals surface area contributed by atoms with Crippen molar-refractivity contribution in [2.45, 2.75) is 12.3 Å². The minimum absolute atomic E-state index is 0.164. The molecule has 12 nitrogen and oxygen atoms in total. The lowest BCUT2D eigenvalue weighted by molar-refractivity contribution is -0.384. The van der Waals surface area contributed by atoms with E-state index in [0.29, 0.717) is 5.56 Å². The topological polar surface area (TPSA) is 180 Å². The molecule has 2 aromatic rings. The number of Topliss-reactive ketones (excluding diaryl/α,β-unsaturated/α-hetero) is 1. The Hall–Kier alpha value is -4.48. The van der Waals surface area contributed by atoms with E-state index >= 15 is 0 Å². The Morgan fingerprint density at radius 1 is 0.941 bits per heavy atom. The number of benzene rings is 2. The molecule has 3 rings (SSSR count). The normalized spacial score (nSPS) is 16.9. The van der Waals surface area contributed by atoms with Crippen LogP contribution in [-0.4, -0.2) is 60.2 Å². The number of methoxy groups -OCH3 is 3. The second-order valence-corrected chi connectivity index (χ2v) is 7.31. The lowest BCUT2D eigenvalue weighted by atomic mass is 9.70. The predicted molar refractivity (Wildman–Crippen MR) is 112 cm³/mol. The van der Waals surface area contributed by atoms with Crippen LogP contribution in [0.25, 0.3) is 0 Å². The molecule has 2 unspecified atom stereocenters. The highest BCUT2D eigenvalue weighted by molar-refractivity contribution is 6.17. The van der Waals surface area contributed by atoms with Gasteiger partial charge in [0.1, 0.15) is 28.5 Å². The van der Waals surface area contributed by atoms with Gasteiger partial charge in [-0.2, -0.15) is 0 Å². The molecule has 2 atom stereocenters. The van der Waals surface area contributed by atoms with Crippen molar-refractivity contribution in [3.63, 3.8) is 0 Å². The van der Waals surface area contributed by atoms with Crippen LogP contribution in [0.15, 0.2) is 24.3 Å². The summed E-state index contributed by atoms with van der Waals surface area (Å²) in [6.45, 7) is 0. The maximum absolute atomic E-state index is 13.5. The molecule has 1 aliphatic carbocycles. The summed E-state index contributed by atoms with van der Waals surface area (Å²) >= 11 is 0. The monoisotopic (exact) mass is 473 g/mol. The summed E-state index contributed by atoms with van der Waals surface area (Å²) in [4.78, 5) is 61.2. The fourth-order valence-corrected chi connectivity index (χ4v) is 4.09. The standard InChI is InChI=1S/C22H19NO11/c1-32-20(27)14-11(9-4-6-10(7-5-9)23(30)31)8-12-13(17(14)24)18(25)16(22(29)34-3)19(26)15(12)21(28)33-2/h4-7,11,14,25-26H,8H2,1-3H3.